The summed E-state index contributed by atoms with van der Waals surface area (Å²) in [6.07, 6.45) is 1.95. The molecule has 1 aromatic carbocycles. The Morgan fingerprint density at radius 3 is 2.75 bits per heavy atom. The Morgan fingerprint density at radius 1 is 1.30 bits per heavy atom. The van der Waals surface area contributed by atoms with Crippen molar-refractivity contribution < 1.29 is 17.9 Å². The number of rotatable bonds is 6. The number of ether oxygens (including phenoxy) is 1. The lowest BCUT2D eigenvalue weighted by Gasteiger charge is -2.14. The third kappa shape index (κ3) is 2.99. The summed E-state index contributed by atoms with van der Waals surface area (Å²) in [6.45, 7) is 2.94. The average Bonchev–Trinajstić information content (AvgIpc) is 2.59. The molecule has 0 spiro atoms. The molecule has 20 heavy (non-hydrogen) atoms. The first-order chi connectivity index (χ1) is 9.48. The highest BCUT2D eigenvalue weighted by atomic mass is 127. The molecule has 0 N–H and O–H groups in total. The maximum atomic E-state index is 12.3. The van der Waals surface area contributed by atoms with Crippen LogP contribution < -0.4 is 0 Å². The van der Waals surface area contributed by atoms with E-state index in [4.69, 9.17) is 4.74 Å². The molecule has 0 unspecified atom stereocenters. The summed E-state index contributed by atoms with van der Waals surface area (Å²) in [5, 5.41) is 0. The predicted molar refractivity (Wildman–Crippen MR) is 83.1 cm³/mol. The molecule has 7 heteroatoms. The minimum absolute atomic E-state index is 0.0656. The first-order valence-electron chi connectivity index (χ1n) is 6.43. The predicted octanol–water partition coefficient (Wildman–Crippen LogP) is 2.25. The van der Waals surface area contributed by atoms with E-state index in [1.807, 2.05) is 22.6 Å². The van der Waals surface area contributed by atoms with Gasteiger partial charge in [0.05, 0.1) is 18.7 Å². The topological polar surface area (TPSA) is 63.7 Å². The van der Waals surface area contributed by atoms with Gasteiger partial charge in [0.1, 0.15) is 4.90 Å². The highest BCUT2D eigenvalue weighted by Gasteiger charge is 2.40. The summed E-state index contributed by atoms with van der Waals surface area (Å²) in [5.41, 5.74) is 0.249. The number of amides is 1. The maximum Gasteiger partial charge on any atom is 0.269 e. The van der Waals surface area contributed by atoms with Crippen LogP contribution in [0.4, 0.5) is 0 Å². The molecule has 1 heterocycles. The Hall–Kier alpha value is -0.670. The van der Waals surface area contributed by atoms with Crippen LogP contribution in [0.3, 0.4) is 0 Å². The molecule has 1 aliphatic heterocycles. The van der Waals surface area contributed by atoms with Crippen LogP contribution in [0.5, 0.6) is 0 Å². The molecular weight excluding hydrogens is 393 g/mol. The zero-order valence-corrected chi connectivity index (χ0v) is 14.1. The number of hydrogen-bond donors (Lipinski definition) is 0. The summed E-state index contributed by atoms with van der Waals surface area (Å²) < 4.78 is 31.7. The van der Waals surface area contributed by atoms with Gasteiger partial charge in [0.15, 0.2) is 0 Å². The lowest BCUT2D eigenvalue weighted by atomic mass is 10.2. The molecule has 5 nitrogen and oxygen atoms in total. The van der Waals surface area contributed by atoms with E-state index < -0.39 is 15.9 Å². The quantitative estimate of drug-likeness (QED) is 0.534. The van der Waals surface area contributed by atoms with Crippen LogP contribution in [-0.2, 0) is 14.8 Å². The van der Waals surface area contributed by atoms with Crippen molar-refractivity contribution in [2.45, 2.75) is 24.7 Å². The SMILES string of the molecule is CCCCOCCN1C(=O)c2ccc(I)cc2S1(=O)=O. The van der Waals surface area contributed by atoms with Crippen molar-refractivity contribution in [1.29, 1.82) is 0 Å². The van der Waals surface area contributed by atoms with E-state index in [-0.39, 0.29) is 23.6 Å². The van der Waals surface area contributed by atoms with Crippen molar-refractivity contribution in [3.05, 3.63) is 27.3 Å². The molecule has 1 aliphatic rings. The minimum Gasteiger partial charge on any atom is -0.380 e. The third-order valence-corrected chi connectivity index (χ3v) is 5.54. The molecule has 0 aromatic heterocycles. The van der Waals surface area contributed by atoms with E-state index in [1.165, 1.54) is 6.07 Å². The zero-order valence-electron chi connectivity index (χ0n) is 11.1. The molecule has 110 valence electrons. The van der Waals surface area contributed by atoms with Gasteiger partial charge in [0.2, 0.25) is 0 Å². The number of sulfonamides is 1. The number of halogens is 1. The van der Waals surface area contributed by atoms with Crippen molar-refractivity contribution in [3.63, 3.8) is 0 Å². The van der Waals surface area contributed by atoms with E-state index in [2.05, 4.69) is 6.92 Å². The molecule has 0 fully saturated rings. The summed E-state index contributed by atoms with van der Waals surface area (Å²) in [7, 11) is -3.71. The highest BCUT2D eigenvalue weighted by molar-refractivity contribution is 14.1. The van der Waals surface area contributed by atoms with E-state index in [1.54, 1.807) is 12.1 Å². The first kappa shape index (κ1) is 15.7. The Kier molecular flexibility index (Phi) is 5.03. The molecule has 1 aromatic rings. The molecule has 2 rings (SSSR count). The average molecular weight is 409 g/mol. The highest BCUT2D eigenvalue weighted by Crippen LogP contribution is 2.31. The number of hydrogen-bond acceptors (Lipinski definition) is 4. The molecule has 0 atom stereocenters. The van der Waals surface area contributed by atoms with Gasteiger partial charge in [-0.2, -0.15) is 0 Å². The van der Waals surface area contributed by atoms with Gasteiger partial charge in [-0.05, 0) is 47.2 Å². The van der Waals surface area contributed by atoms with Crippen molar-refractivity contribution >= 4 is 38.5 Å². The number of unbranched alkanes of at least 4 members (excludes halogenated alkanes) is 1. The molecule has 0 saturated heterocycles. The molecule has 0 bridgehead atoms. The maximum absolute atomic E-state index is 12.3. The largest absolute Gasteiger partial charge is 0.380 e. The van der Waals surface area contributed by atoms with Crippen LogP contribution in [0.25, 0.3) is 0 Å². The molecule has 0 radical (unpaired) electrons. The van der Waals surface area contributed by atoms with Gasteiger partial charge in [-0.1, -0.05) is 13.3 Å². The number of benzene rings is 1. The summed E-state index contributed by atoms with van der Waals surface area (Å²) >= 11 is 2.03. The van der Waals surface area contributed by atoms with Crippen molar-refractivity contribution in [1.82, 2.24) is 4.31 Å². The van der Waals surface area contributed by atoms with Gasteiger partial charge >= 0.3 is 0 Å². The first-order valence-corrected chi connectivity index (χ1v) is 8.94. The molecule has 0 saturated carbocycles. The Labute approximate surface area is 132 Å². The van der Waals surface area contributed by atoms with Gasteiger partial charge in [-0.25, -0.2) is 12.7 Å². The fourth-order valence-electron chi connectivity index (χ4n) is 1.97. The normalized spacial score (nSPS) is 16.5. The van der Waals surface area contributed by atoms with Gasteiger partial charge in [-0.3, -0.25) is 4.79 Å². The van der Waals surface area contributed by atoms with Crippen molar-refractivity contribution in [2.75, 3.05) is 19.8 Å². The lowest BCUT2D eigenvalue weighted by molar-refractivity contribution is 0.0794. The van der Waals surface area contributed by atoms with Crippen LogP contribution in [0, 0.1) is 3.57 Å². The van der Waals surface area contributed by atoms with Crippen molar-refractivity contribution in [2.24, 2.45) is 0 Å². The van der Waals surface area contributed by atoms with E-state index in [0.29, 0.717) is 6.61 Å². The van der Waals surface area contributed by atoms with E-state index in [9.17, 15) is 13.2 Å². The van der Waals surface area contributed by atoms with Crippen molar-refractivity contribution in [3.8, 4) is 0 Å². The van der Waals surface area contributed by atoms with Crippen LogP contribution >= 0.6 is 22.6 Å². The number of carbonyl (C=O) groups excluding carboxylic acids is 1. The fraction of sp³-hybridized carbons (Fsp3) is 0.462. The Balaban J connectivity index is 2.11. The number of fused-ring (bicyclic) bond motifs is 1. The summed E-state index contributed by atoms with van der Waals surface area (Å²) in [6, 6.07) is 4.82. The van der Waals surface area contributed by atoms with Gasteiger partial charge < -0.3 is 4.74 Å². The van der Waals surface area contributed by atoms with Crippen LogP contribution in [0.1, 0.15) is 30.1 Å². The third-order valence-electron chi connectivity index (χ3n) is 3.05. The summed E-state index contributed by atoms with van der Waals surface area (Å²) in [4.78, 5) is 12.2. The Bertz CT molecular complexity index is 615. The number of nitrogens with zero attached hydrogens (tertiary/aromatic N) is 1. The van der Waals surface area contributed by atoms with Gasteiger partial charge in [0, 0.05) is 10.2 Å². The van der Waals surface area contributed by atoms with Crippen LogP contribution in [0.2, 0.25) is 0 Å². The molecule has 0 aliphatic carbocycles. The second kappa shape index (κ2) is 6.40. The molecular formula is C13H16INO4S. The minimum atomic E-state index is -3.71. The van der Waals surface area contributed by atoms with E-state index >= 15 is 0 Å². The number of carbonyl (C=O) groups is 1. The smallest absolute Gasteiger partial charge is 0.269 e. The van der Waals surface area contributed by atoms with Gasteiger partial charge in [0.25, 0.3) is 15.9 Å². The summed E-state index contributed by atoms with van der Waals surface area (Å²) in [5.74, 6) is -0.463. The van der Waals surface area contributed by atoms with E-state index in [0.717, 1.165) is 20.7 Å². The van der Waals surface area contributed by atoms with Crippen LogP contribution in [-0.4, -0.2) is 38.4 Å². The van der Waals surface area contributed by atoms with Gasteiger partial charge in [-0.15, -0.1) is 0 Å². The standard InChI is InChI=1S/C13H16INO4S/c1-2-3-7-19-8-6-15-13(16)11-5-4-10(14)9-12(11)20(15,17)18/h4-5,9H,2-3,6-8H2,1H3. The Morgan fingerprint density at radius 2 is 2.05 bits per heavy atom. The molecule has 1 amide bonds. The fourth-order valence-corrected chi connectivity index (χ4v) is 4.25. The van der Waals surface area contributed by atoms with Crippen LogP contribution in [0.15, 0.2) is 23.1 Å². The second-order valence-electron chi connectivity index (χ2n) is 4.49. The zero-order chi connectivity index (χ0) is 14.8. The lowest BCUT2D eigenvalue weighted by Crippen LogP contribution is -2.33. The monoisotopic (exact) mass is 409 g/mol. The second-order valence-corrected chi connectivity index (χ2v) is 7.57.